The molecule has 0 saturated carbocycles. The Morgan fingerprint density at radius 2 is 2.06 bits per heavy atom. The molecule has 88 valence electrons. The van der Waals surface area contributed by atoms with E-state index in [9.17, 15) is 0 Å². The fourth-order valence-corrected chi connectivity index (χ4v) is 3.20. The van der Waals surface area contributed by atoms with Crippen LogP contribution in [0.15, 0.2) is 6.33 Å². The van der Waals surface area contributed by atoms with Crippen molar-refractivity contribution in [1.29, 1.82) is 0 Å². The highest BCUT2D eigenvalue weighted by Gasteiger charge is 2.39. The molecule has 5 heteroatoms. The second-order valence-electron chi connectivity index (χ2n) is 5.09. The van der Waals surface area contributed by atoms with E-state index < -0.39 is 0 Å². The van der Waals surface area contributed by atoms with Crippen LogP contribution in [0.2, 0.25) is 0 Å². The van der Waals surface area contributed by atoms with Crippen LogP contribution in [-0.2, 0) is 13.6 Å². The highest BCUT2D eigenvalue weighted by molar-refractivity contribution is 4.98. The van der Waals surface area contributed by atoms with E-state index >= 15 is 0 Å². The molecule has 5 nitrogen and oxygen atoms in total. The van der Waals surface area contributed by atoms with E-state index in [2.05, 4.69) is 15.0 Å². The van der Waals surface area contributed by atoms with Crippen molar-refractivity contribution in [3.63, 3.8) is 0 Å². The van der Waals surface area contributed by atoms with E-state index in [-0.39, 0.29) is 0 Å². The number of rotatable bonds is 2. The van der Waals surface area contributed by atoms with Crippen LogP contribution in [0.25, 0.3) is 0 Å². The summed E-state index contributed by atoms with van der Waals surface area (Å²) in [6.45, 7) is 0.929. The van der Waals surface area contributed by atoms with Crippen LogP contribution in [0.1, 0.15) is 31.5 Å². The van der Waals surface area contributed by atoms with Crippen LogP contribution in [-0.4, -0.2) is 37.8 Å². The summed E-state index contributed by atoms with van der Waals surface area (Å²) in [6, 6.07) is 1.75. The van der Waals surface area contributed by atoms with E-state index in [1.54, 1.807) is 6.33 Å². The molecule has 16 heavy (non-hydrogen) atoms. The molecule has 2 bridgehead atoms. The molecule has 0 amide bonds. The molecular formula is C11H19N5. The van der Waals surface area contributed by atoms with Gasteiger partial charge in [0.15, 0.2) is 0 Å². The summed E-state index contributed by atoms with van der Waals surface area (Å²) in [6.07, 6.45) is 6.53. The van der Waals surface area contributed by atoms with Crippen LogP contribution in [0.4, 0.5) is 0 Å². The maximum absolute atomic E-state index is 6.06. The average molecular weight is 221 g/mol. The summed E-state index contributed by atoms with van der Waals surface area (Å²) in [5, 5.41) is 4.12. The molecule has 0 spiro atoms. The van der Waals surface area contributed by atoms with Crippen LogP contribution >= 0.6 is 0 Å². The Labute approximate surface area is 95.6 Å². The van der Waals surface area contributed by atoms with Gasteiger partial charge in [-0.25, -0.2) is 4.98 Å². The minimum atomic E-state index is 0.410. The molecule has 2 atom stereocenters. The molecule has 2 aliphatic rings. The summed E-state index contributed by atoms with van der Waals surface area (Å²) in [5.74, 6) is 1.06. The number of hydrogen-bond acceptors (Lipinski definition) is 4. The standard InChI is InChI=1S/C11H19N5/c1-15-11(13-7-14-15)6-16-9-2-3-10(16)5-8(12)4-9/h7-10H,2-6,12H2,1H3. The first-order valence-electron chi connectivity index (χ1n) is 6.08. The highest BCUT2D eigenvalue weighted by atomic mass is 15.3. The predicted octanol–water partition coefficient (Wildman–Crippen LogP) is 0.269. The van der Waals surface area contributed by atoms with Crippen molar-refractivity contribution in [3.05, 3.63) is 12.2 Å². The van der Waals surface area contributed by atoms with Gasteiger partial charge >= 0.3 is 0 Å². The molecular weight excluding hydrogens is 202 g/mol. The molecule has 2 aliphatic heterocycles. The molecule has 0 aromatic carbocycles. The smallest absolute Gasteiger partial charge is 0.140 e. The maximum Gasteiger partial charge on any atom is 0.140 e. The van der Waals surface area contributed by atoms with Crippen molar-refractivity contribution in [1.82, 2.24) is 19.7 Å². The Balaban J connectivity index is 1.75. The van der Waals surface area contributed by atoms with E-state index in [1.165, 1.54) is 12.8 Å². The van der Waals surface area contributed by atoms with Gasteiger partial charge in [-0.2, -0.15) is 5.10 Å². The number of nitrogens with two attached hydrogens (primary N) is 1. The molecule has 3 heterocycles. The van der Waals surface area contributed by atoms with Gasteiger partial charge in [-0.05, 0) is 25.7 Å². The molecule has 2 fully saturated rings. The lowest BCUT2D eigenvalue weighted by molar-refractivity contribution is 0.115. The first-order valence-corrected chi connectivity index (χ1v) is 6.08. The molecule has 0 radical (unpaired) electrons. The second kappa shape index (κ2) is 3.82. The van der Waals surface area contributed by atoms with E-state index in [0.29, 0.717) is 18.1 Å². The Morgan fingerprint density at radius 1 is 1.38 bits per heavy atom. The van der Waals surface area contributed by atoms with Gasteiger partial charge in [0.1, 0.15) is 12.2 Å². The summed E-state index contributed by atoms with van der Waals surface area (Å²) in [4.78, 5) is 6.88. The zero-order valence-corrected chi connectivity index (χ0v) is 9.71. The molecule has 0 aliphatic carbocycles. The van der Waals surface area contributed by atoms with Crippen molar-refractivity contribution >= 4 is 0 Å². The molecule has 2 saturated heterocycles. The lowest BCUT2D eigenvalue weighted by Gasteiger charge is -2.37. The second-order valence-corrected chi connectivity index (χ2v) is 5.09. The first-order chi connectivity index (χ1) is 7.74. The largest absolute Gasteiger partial charge is 0.328 e. The highest BCUT2D eigenvalue weighted by Crippen LogP contribution is 2.35. The van der Waals surface area contributed by atoms with Gasteiger partial charge in [0.25, 0.3) is 0 Å². The summed E-state index contributed by atoms with van der Waals surface area (Å²) < 4.78 is 1.87. The number of piperidine rings is 1. The SMILES string of the molecule is Cn1ncnc1CN1C2CCC1CC(N)C2. The molecule has 1 aromatic rings. The van der Waals surface area contributed by atoms with Crippen LogP contribution in [0, 0.1) is 0 Å². The number of fused-ring (bicyclic) bond motifs is 2. The van der Waals surface area contributed by atoms with Gasteiger partial charge in [-0.3, -0.25) is 9.58 Å². The zero-order valence-electron chi connectivity index (χ0n) is 9.71. The molecule has 1 aromatic heterocycles. The topological polar surface area (TPSA) is 60.0 Å². The Morgan fingerprint density at radius 3 is 2.62 bits per heavy atom. The normalized spacial score (nSPS) is 34.5. The monoisotopic (exact) mass is 221 g/mol. The fraction of sp³-hybridized carbons (Fsp3) is 0.818. The van der Waals surface area contributed by atoms with Gasteiger partial charge in [0, 0.05) is 25.2 Å². The van der Waals surface area contributed by atoms with Gasteiger partial charge in [-0.15, -0.1) is 0 Å². The number of hydrogen-bond donors (Lipinski definition) is 1. The van der Waals surface area contributed by atoms with Crippen LogP contribution in [0.5, 0.6) is 0 Å². The maximum atomic E-state index is 6.06. The average Bonchev–Trinajstić information content (AvgIpc) is 2.73. The predicted molar refractivity (Wildman–Crippen MR) is 60.6 cm³/mol. The lowest BCUT2D eigenvalue weighted by Crippen LogP contribution is -2.47. The number of nitrogens with zero attached hydrogens (tertiary/aromatic N) is 4. The third-order valence-electron chi connectivity index (χ3n) is 4.05. The van der Waals surface area contributed by atoms with Crippen molar-refractivity contribution in [3.8, 4) is 0 Å². The van der Waals surface area contributed by atoms with Gasteiger partial charge < -0.3 is 5.73 Å². The molecule has 2 unspecified atom stereocenters. The quantitative estimate of drug-likeness (QED) is 0.778. The Hall–Kier alpha value is -0.940. The van der Waals surface area contributed by atoms with Gasteiger partial charge in [0.05, 0.1) is 6.54 Å². The molecule has 2 N–H and O–H groups in total. The fourth-order valence-electron chi connectivity index (χ4n) is 3.20. The van der Waals surface area contributed by atoms with Crippen molar-refractivity contribution in [2.75, 3.05) is 0 Å². The first kappa shape index (κ1) is 10.2. The van der Waals surface area contributed by atoms with Crippen molar-refractivity contribution < 1.29 is 0 Å². The summed E-state index contributed by atoms with van der Waals surface area (Å²) in [7, 11) is 1.96. The number of aryl methyl sites for hydroxylation is 1. The Bertz CT molecular complexity index is 360. The lowest BCUT2D eigenvalue weighted by atomic mass is 9.98. The number of aromatic nitrogens is 3. The minimum Gasteiger partial charge on any atom is -0.328 e. The van der Waals surface area contributed by atoms with Crippen LogP contribution < -0.4 is 5.73 Å². The van der Waals surface area contributed by atoms with Gasteiger partial charge in [-0.1, -0.05) is 0 Å². The van der Waals surface area contributed by atoms with E-state index in [4.69, 9.17) is 5.73 Å². The third-order valence-corrected chi connectivity index (χ3v) is 4.05. The summed E-state index contributed by atoms with van der Waals surface area (Å²) >= 11 is 0. The minimum absolute atomic E-state index is 0.410. The van der Waals surface area contributed by atoms with E-state index in [0.717, 1.165) is 25.2 Å². The van der Waals surface area contributed by atoms with Gasteiger partial charge in [0.2, 0.25) is 0 Å². The van der Waals surface area contributed by atoms with Crippen molar-refractivity contribution in [2.45, 2.75) is 50.4 Å². The van der Waals surface area contributed by atoms with E-state index in [1.807, 2.05) is 11.7 Å². The van der Waals surface area contributed by atoms with Crippen LogP contribution in [0.3, 0.4) is 0 Å². The summed E-state index contributed by atoms with van der Waals surface area (Å²) in [5.41, 5.74) is 6.06. The molecule has 3 rings (SSSR count). The third kappa shape index (κ3) is 1.64. The Kier molecular flexibility index (Phi) is 2.44. The zero-order chi connectivity index (χ0) is 11.1. The van der Waals surface area contributed by atoms with Crippen molar-refractivity contribution in [2.24, 2.45) is 12.8 Å².